The molecule has 4 rings (SSSR count). The number of hydrogen-bond acceptors (Lipinski definition) is 5. The van der Waals surface area contributed by atoms with E-state index in [1.165, 1.54) is 12.8 Å². The van der Waals surface area contributed by atoms with Gasteiger partial charge in [0.2, 0.25) is 5.78 Å². The van der Waals surface area contributed by atoms with Gasteiger partial charge in [-0.15, -0.1) is 0 Å². The van der Waals surface area contributed by atoms with Crippen molar-refractivity contribution in [1.29, 1.82) is 0 Å². The molecular formula is C32H39N3O3. The van der Waals surface area contributed by atoms with E-state index < -0.39 is 0 Å². The molecule has 0 amide bonds. The fourth-order valence-electron chi connectivity index (χ4n) is 4.47. The Balaban J connectivity index is 1.45. The number of fused-ring (bicyclic) bond motifs is 1. The van der Waals surface area contributed by atoms with Gasteiger partial charge >= 0.3 is 0 Å². The van der Waals surface area contributed by atoms with Crippen molar-refractivity contribution >= 4 is 11.4 Å². The molecule has 1 atom stereocenters. The molecule has 0 aliphatic heterocycles. The summed E-state index contributed by atoms with van der Waals surface area (Å²) in [6.07, 6.45) is 9.22. The normalized spacial score (nSPS) is 12.1. The number of rotatable bonds is 15. The van der Waals surface area contributed by atoms with Gasteiger partial charge in [-0.1, -0.05) is 63.9 Å². The summed E-state index contributed by atoms with van der Waals surface area (Å²) >= 11 is 0. The highest BCUT2D eigenvalue weighted by Gasteiger charge is 2.19. The van der Waals surface area contributed by atoms with Gasteiger partial charge in [0, 0.05) is 31.0 Å². The van der Waals surface area contributed by atoms with Gasteiger partial charge in [0.1, 0.15) is 18.1 Å². The predicted octanol–water partition coefficient (Wildman–Crippen LogP) is 7.16. The molecule has 0 N–H and O–H groups in total. The molecule has 38 heavy (non-hydrogen) atoms. The van der Waals surface area contributed by atoms with E-state index >= 15 is 0 Å². The fraction of sp³-hybridized carbons (Fsp3) is 0.375. The maximum Gasteiger partial charge on any atom is 0.212 e. The molecule has 0 spiro atoms. The number of pyridine rings is 1. The fourth-order valence-corrected chi connectivity index (χ4v) is 4.47. The van der Waals surface area contributed by atoms with Crippen LogP contribution in [-0.2, 0) is 6.61 Å². The topological polar surface area (TPSA) is 56.1 Å². The molecule has 0 bridgehead atoms. The lowest BCUT2D eigenvalue weighted by molar-refractivity contribution is 0.0202. The second-order valence-electron chi connectivity index (χ2n) is 9.58. The first-order valence-electron chi connectivity index (χ1n) is 13.8. The van der Waals surface area contributed by atoms with Crippen molar-refractivity contribution in [2.75, 3.05) is 13.1 Å². The molecule has 4 aromatic rings. The number of benzene rings is 2. The number of ketones is 1. The third-order valence-electron chi connectivity index (χ3n) is 6.66. The molecule has 2 aromatic carbocycles. The number of unbranched alkanes of at least 4 members (excludes halogenated alkanes) is 2. The second kappa shape index (κ2) is 13.8. The van der Waals surface area contributed by atoms with Crippen molar-refractivity contribution in [3.63, 3.8) is 0 Å². The Hall–Kier alpha value is -3.64. The molecule has 0 saturated carbocycles. The molecule has 0 aliphatic rings. The van der Waals surface area contributed by atoms with Crippen molar-refractivity contribution in [2.45, 2.75) is 65.7 Å². The van der Waals surface area contributed by atoms with Crippen LogP contribution in [0.1, 0.15) is 74.5 Å². The molecule has 0 aliphatic carbocycles. The van der Waals surface area contributed by atoms with Gasteiger partial charge in [0.25, 0.3) is 0 Å². The van der Waals surface area contributed by atoms with Gasteiger partial charge in [-0.3, -0.25) is 9.69 Å². The largest absolute Gasteiger partial charge is 0.485 e. The van der Waals surface area contributed by atoms with E-state index in [2.05, 4.69) is 30.7 Å². The Morgan fingerprint density at radius 3 is 2.29 bits per heavy atom. The van der Waals surface area contributed by atoms with Gasteiger partial charge < -0.3 is 13.9 Å². The summed E-state index contributed by atoms with van der Waals surface area (Å²) in [5.41, 5.74) is 2.65. The van der Waals surface area contributed by atoms with E-state index in [1.807, 2.05) is 77.3 Å². The number of ether oxygens (including phenoxy) is 2. The van der Waals surface area contributed by atoms with Crippen molar-refractivity contribution in [2.24, 2.45) is 0 Å². The summed E-state index contributed by atoms with van der Waals surface area (Å²) in [5.74, 6) is 1.28. The van der Waals surface area contributed by atoms with Crippen LogP contribution in [0.4, 0.5) is 0 Å². The molecule has 6 nitrogen and oxygen atoms in total. The molecule has 1 unspecified atom stereocenters. The molecule has 6 heteroatoms. The summed E-state index contributed by atoms with van der Waals surface area (Å²) in [6.45, 7) is 9.11. The quantitative estimate of drug-likeness (QED) is 0.125. The zero-order valence-corrected chi connectivity index (χ0v) is 22.8. The predicted molar refractivity (Wildman–Crippen MR) is 152 cm³/mol. The molecule has 0 fully saturated rings. The minimum absolute atomic E-state index is 0.0300. The van der Waals surface area contributed by atoms with Gasteiger partial charge in [-0.05, 0) is 61.2 Å². The van der Waals surface area contributed by atoms with Crippen LogP contribution in [-0.4, -0.2) is 39.4 Å². The molecule has 2 heterocycles. The Bertz CT molecular complexity index is 1280. The number of carbonyl (C=O) groups is 1. The summed E-state index contributed by atoms with van der Waals surface area (Å²) in [4.78, 5) is 20.3. The third-order valence-corrected chi connectivity index (χ3v) is 6.66. The minimum atomic E-state index is -0.131. The summed E-state index contributed by atoms with van der Waals surface area (Å²) < 4.78 is 14.2. The number of aromatic nitrogens is 2. The lowest BCUT2D eigenvalue weighted by Crippen LogP contribution is -2.40. The van der Waals surface area contributed by atoms with Crippen LogP contribution in [0.3, 0.4) is 0 Å². The van der Waals surface area contributed by atoms with Crippen LogP contribution < -0.4 is 9.47 Å². The van der Waals surface area contributed by atoms with Crippen molar-refractivity contribution in [1.82, 2.24) is 14.3 Å². The van der Waals surface area contributed by atoms with Crippen molar-refractivity contribution in [3.05, 3.63) is 95.9 Å². The monoisotopic (exact) mass is 513 g/mol. The summed E-state index contributed by atoms with van der Waals surface area (Å²) in [6, 6.07) is 21.2. The van der Waals surface area contributed by atoms with Gasteiger partial charge in [0.15, 0.2) is 17.6 Å². The van der Waals surface area contributed by atoms with Crippen LogP contribution >= 0.6 is 0 Å². The van der Waals surface area contributed by atoms with Crippen molar-refractivity contribution < 1.29 is 14.3 Å². The average Bonchev–Trinajstić information content (AvgIpc) is 3.41. The van der Waals surface area contributed by atoms with Crippen molar-refractivity contribution in [3.8, 4) is 11.5 Å². The van der Waals surface area contributed by atoms with Crippen LogP contribution in [0.2, 0.25) is 0 Å². The maximum atomic E-state index is 13.3. The van der Waals surface area contributed by atoms with Crippen LogP contribution in [0.15, 0.2) is 79.1 Å². The number of nitrogens with zero attached hydrogens (tertiary/aromatic N) is 3. The molecular weight excluding hydrogens is 474 g/mol. The average molecular weight is 514 g/mol. The number of hydrogen-bond donors (Lipinski definition) is 0. The second-order valence-corrected chi connectivity index (χ2v) is 9.58. The Morgan fingerprint density at radius 1 is 0.921 bits per heavy atom. The highest BCUT2D eigenvalue weighted by atomic mass is 16.5. The van der Waals surface area contributed by atoms with Gasteiger partial charge in [-0.2, -0.15) is 0 Å². The molecule has 0 radical (unpaired) electrons. The highest BCUT2D eigenvalue weighted by molar-refractivity contribution is 6.08. The lowest BCUT2D eigenvalue weighted by Gasteiger charge is -2.31. The SMILES string of the molecule is CCCCN(CCCC)C(CC)Oc1ccc(C(=O)c2cn3cccc(OCc4ccccc4)c3n2)cc1. The zero-order valence-electron chi connectivity index (χ0n) is 22.8. The number of imidazole rings is 1. The van der Waals surface area contributed by atoms with Crippen LogP contribution in [0.25, 0.3) is 5.65 Å². The van der Waals surface area contributed by atoms with E-state index in [4.69, 9.17) is 9.47 Å². The smallest absolute Gasteiger partial charge is 0.212 e. The first-order valence-corrected chi connectivity index (χ1v) is 13.8. The third kappa shape index (κ3) is 7.01. The van der Waals surface area contributed by atoms with E-state index in [1.54, 1.807) is 6.20 Å². The maximum absolute atomic E-state index is 13.3. The summed E-state index contributed by atoms with van der Waals surface area (Å²) in [5, 5.41) is 0. The molecule has 2 aromatic heterocycles. The van der Waals surface area contributed by atoms with E-state index in [9.17, 15) is 4.79 Å². The van der Waals surface area contributed by atoms with Crippen LogP contribution in [0, 0.1) is 0 Å². The Morgan fingerprint density at radius 2 is 1.63 bits per heavy atom. The van der Waals surface area contributed by atoms with E-state index in [0.717, 1.165) is 43.7 Å². The standard InChI is InChI=1S/C32H39N3O3/c1-4-7-20-34(21-8-5-2)30(6-3)38-27-18-16-26(17-19-27)31(36)28-23-35-22-12-15-29(32(35)33-28)37-24-25-13-10-9-11-14-25/h9-19,22-23,30H,4-8,20-21,24H2,1-3H3. The zero-order chi connectivity index (χ0) is 26.7. The molecule has 200 valence electrons. The van der Waals surface area contributed by atoms with E-state index in [0.29, 0.717) is 29.3 Å². The van der Waals surface area contributed by atoms with Gasteiger partial charge in [0.05, 0.1) is 0 Å². The lowest BCUT2D eigenvalue weighted by atomic mass is 10.1. The highest BCUT2D eigenvalue weighted by Crippen LogP contribution is 2.23. The summed E-state index contributed by atoms with van der Waals surface area (Å²) in [7, 11) is 0. The van der Waals surface area contributed by atoms with Gasteiger partial charge in [-0.25, -0.2) is 4.98 Å². The molecule has 0 saturated heterocycles. The Kier molecular flexibility index (Phi) is 9.93. The first-order chi connectivity index (χ1) is 18.6. The Labute approximate surface area is 226 Å². The first kappa shape index (κ1) is 27.4. The van der Waals surface area contributed by atoms with Crippen LogP contribution in [0.5, 0.6) is 11.5 Å². The number of carbonyl (C=O) groups excluding carboxylic acids is 1. The minimum Gasteiger partial charge on any atom is -0.485 e. The van der Waals surface area contributed by atoms with E-state index in [-0.39, 0.29) is 12.0 Å².